The van der Waals surface area contributed by atoms with Gasteiger partial charge in [-0.25, -0.2) is 0 Å². The number of nitrogens with one attached hydrogen (secondary N) is 1. The van der Waals surface area contributed by atoms with E-state index in [1.165, 1.54) is 10.5 Å². The van der Waals surface area contributed by atoms with E-state index in [1.807, 2.05) is 42.5 Å². The third kappa shape index (κ3) is 3.94. The summed E-state index contributed by atoms with van der Waals surface area (Å²) in [5.41, 5.74) is 5.44. The molecule has 3 aromatic rings. The van der Waals surface area contributed by atoms with Crippen molar-refractivity contribution in [3.05, 3.63) is 82.9 Å². The first-order chi connectivity index (χ1) is 16.4. The summed E-state index contributed by atoms with van der Waals surface area (Å²) in [6, 6.07) is 18.9. The summed E-state index contributed by atoms with van der Waals surface area (Å²) in [4.78, 5) is 27.1. The van der Waals surface area contributed by atoms with Crippen molar-refractivity contribution in [3.8, 4) is 16.9 Å². The largest absolute Gasteiger partial charge is 0.493 e. The van der Waals surface area contributed by atoms with Crippen LogP contribution in [0.4, 0.5) is 5.69 Å². The molecule has 0 spiro atoms. The van der Waals surface area contributed by atoms with E-state index >= 15 is 0 Å². The van der Waals surface area contributed by atoms with Crippen LogP contribution in [0.3, 0.4) is 0 Å². The van der Waals surface area contributed by atoms with Crippen molar-refractivity contribution in [2.24, 2.45) is 0 Å². The molecule has 1 aliphatic carbocycles. The lowest BCUT2D eigenvalue weighted by Gasteiger charge is -2.18. The molecule has 0 saturated heterocycles. The molecule has 2 aliphatic rings. The number of nitrogens with zero attached hydrogens (tertiary/aromatic N) is 1. The summed E-state index contributed by atoms with van der Waals surface area (Å²) in [5.74, 6) is 0.839. The average Bonchev–Trinajstić information content (AvgIpc) is 3.54. The number of anilines is 1. The van der Waals surface area contributed by atoms with E-state index < -0.39 is 5.41 Å². The Hall–Kier alpha value is -3.64. The highest BCUT2D eigenvalue weighted by atomic mass is 16.5. The Morgan fingerprint density at radius 2 is 1.79 bits per heavy atom. The SMILES string of the molecule is CN(C)C(=O)c1ccc(-c2cc(NC(=O)C3(c4ccc5c(c4)CCO5)CC3)ccc2CO)cc1. The number of benzene rings is 3. The molecule has 3 aromatic carbocycles. The van der Waals surface area contributed by atoms with Crippen molar-refractivity contribution in [2.75, 3.05) is 26.0 Å². The van der Waals surface area contributed by atoms with Crippen LogP contribution in [-0.2, 0) is 23.2 Å². The highest BCUT2D eigenvalue weighted by molar-refractivity contribution is 6.02. The fourth-order valence-corrected chi connectivity index (χ4v) is 4.62. The third-order valence-electron chi connectivity index (χ3n) is 6.81. The van der Waals surface area contributed by atoms with Gasteiger partial charge in [0.15, 0.2) is 0 Å². The normalized spacial score (nSPS) is 15.3. The van der Waals surface area contributed by atoms with Crippen molar-refractivity contribution in [1.29, 1.82) is 0 Å². The summed E-state index contributed by atoms with van der Waals surface area (Å²) in [5, 5.41) is 13.0. The Balaban J connectivity index is 1.39. The average molecular weight is 457 g/mol. The van der Waals surface area contributed by atoms with Gasteiger partial charge in [-0.2, -0.15) is 0 Å². The van der Waals surface area contributed by atoms with E-state index in [2.05, 4.69) is 11.4 Å². The molecule has 1 saturated carbocycles. The first kappa shape index (κ1) is 22.2. The minimum absolute atomic E-state index is 0.0130. The van der Waals surface area contributed by atoms with E-state index in [1.54, 1.807) is 26.2 Å². The molecule has 2 amide bonds. The lowest BCUT2D eigenvalue weighted by atomic mass is 9.92. The zero-order valence-electron chi connectivity index (χ0n) is 19.4. The van der Waals surface area contributed by atoms with Crippen LogP contribution in [0.2, 0.25) is 0 Å². The molecule has 0 aromatic heterocycles. The Labute approximate surface area is 199 Å². The van der Waals surface area contributed by atoms with Gasteiger partial charge in [-0.3, -0.25) is 9.59 Å². The van der Waals surface area contributed by atoms with Crippen molar-refractivity contribution in [1.82, 2.24) is 4.90 Å². The van der Waals surface area contributed by atoms with E-state index in [4.69, 9.17) is 4.74 Å². The van der Waals surface area contributed by atoms with Gasteiger partial charge in [0.05, 0.1) is 18.6 Å². The molecule has 6 nitrogen and oxygen atoms in total. The molecule has 1 heterocycles. The predicted molar refractivity (Wildman–Crippen MR) is 131 cm³/mol. The minimum Gasteiger partial charge on any atom is -0.493 e. The molecule has 0 atom stereocenters. The molecule has 2 N–H and O–H groups in total. The maximum atomic E-state index is 13.3. The number of carbonyl (C=O) groups is 2. The van der Waals surface area contributed by atoms with Crippen LogP contribution in [0, 0.1) is 0 Å². The summed E-state index contributed by atoms with van der Waals surface area (Å²) in [7, 11) is 3.44. The van der Waals surface area contributed by atoms with Crippen molar-refractivity contribution in [2.45, 2.75) is 31.3 Å². The molecule has 174 valence electrons. The van der Waals surface area contributed by atoms with Gasteiger partial charge in [0.25, 0.3) is 5.91 Å². The molecule has 0 unspecified atom stereocenters. The predicted octanol–water partition coefficient (Wildman–Crippen LogP) is 4.15. The number of carbonyl (C=O) groups excluding carboxylic acids is 2. The second-order valence-corrected chi connectivity index (χ2v) is 9.26. The van der Waals surface area contributed by atoms with Crippen LogP contribution in [0.1, 0.15) is 39.9 Å². The van der Waals surface area contributed by atoms with Crippen molar-refractivity contribution >= 4 is 17.5 Å². The number of rotatable bonds is 6. The number of hydrogen-bond acceptors (Lipinski definition) is 4. The molecule has 1 aliphatic heterocycles. The number of aliphatic hydroxyl groups is 1. The number of aliphatic hydroxyl groups excluding tert-OH is 1. The zero-order valence-corrected chi connectivity index (χ0v) is 19.4. The van der Waals surface area contributed by atoms with Crippen LogP contribution in [0.25, 0.3) is 11.1 Å². The van der Waals surface area contributed by atoms with E-state index in [0.717, 1.165) is 47.3 Å². The molecule has 6 heteroatoms. The summed E-state index contributed by atoms with van der Waals surface area (Å²) < 4.78 is 5.61. The second kappa shape index (κ2) is 8.61. The number of hydrogen-bond donors (Lipinski definition) is 2. The molecule has 1 fully saturated rings. The van der Waals surface area contributed by atoms with E-state index in [9.17, 15) is 14.7 Å². The number of amides is 2. The smallest absolute Gasteiger partial charge is 0.253 e. The molecule has 0 radical (unpaired) electrons. The van der Waals surface area contributed by atoms with Crippen LogP contribution in [-0.4, -0.2) is 42.5 Å². The number of ether oxygens (including phenoxy) is 1. The first-order valence-corrected chi connectivity index (χ1v) is 11.5. The highest BCUT2D eigenvalue weighted by Gasteiger charge is 2.51. The highest BCUT2D eigenvalue weighted by Crippen LogP contribution is 2.50. The van der Waals surface area contributed by atoms with Gasteiger partial charge in [-0.1, -0.05) is 30.3 Å². The standard InChI is InChI=1S/C28H28N2O4/c1-30(2)26(32)19-5-3-18(4-6-19)24-16-23(9-7-21(24)17-31)29-27(33)28(12-13-28)22-8-10-25-20(15-22)11-14-34-25/h3-10,15-16,31H,11-14,17H2,1-2H3,(H,29,33). The van der Waals surface area contributed by atoms with E-state index in [0.29, 0.717) is 17.9 Å². The maximum Gasteiger partial charge on any atom is 0.253 e. The zero-order chi connectivity index (χ0) is 23.9. The van der Waals surface area contributed by atoms with Crippen molar-refractivity contribution in [3.63, 3.8) is 0 Å². The van der Waals surface area contributed by atoms with Crippen LogP contribution >= 0.6 is 0 Å². The summed E-state index contributed by atoms with van der Waals surface area (Å²) in [6.07, 6.45) is 2.52. The topological polar surface area (TPSA) is 78.9 Å². The second-order valence-electron chi connectivity index (χ2n) is 9.26. The fraction of sp³-hybridized carbons (Fsp3) is 0.286. The van der Waals surface area contributed by atoms with Gasteiger partial charge < -0.3 is 20.1 Å². The molecular formula is C28H28N2O4. The Morgan fingerprint density at radius 1 is 1.03 bits per heavy atom. The molecule has 5 rings (SSSR count). The Bertz CT molecular complexity index is 1260. The van der Waals surface area contributed by atoms with Gasteiger partial charge in [-0.15, -0.1) is 0 Å². The summed E-state index contributed by atoms with van der Waals surface area (Å²) in [6.45, 7) is 0.575. The molecular weight excluding hydrogens is 428 g/mol. The lowest BCUT2D eigenvalue weighted by molar-refractivity contribution is -0.118. The third-order valence-corrected chi connectivity index (χ3v) is 6.81. The molecule has 0 bridgehead atoms. The van der Waals surface area contributed by atoms with Gasteiger partial charge >= 0.3 is 0 Å². The monoisotopic (exact) mass is 456 g/mol. The fourth-order valence-electron chi connectivity index (χ4n) is 4.62. The summed E-state index contributed by atoms with van der Waals surface area (Å²) >= 11 is 0. The first-order valence-electron chi connectivity index (χ1n) is 11.5. The van der Waals surface area contributed by atoms with Crippen LogP contribution in [0.15, 0.2) is 60.7 Å². The quantitative estimate of drug-likeness (QED) is 0.584. The van der Waals surface area contributed by atoms with Gasteiger partial charge in [0.1, 0.15) is 5.75 Å². The minimum atomic E-state index is -0.498. The Morgan fingerprint density at radius 3 is 2.47 bits per heavy atom. The van der Waals surface area contributed by atoms with Crippen LogP contribution in [0.5, 0.6) is 5.75 Å². The van der Waals surface area contributed by atoms with Gasteiger partial charge in [-0.05, 0) is 71.0 Å². The van der Waals surface area contributed by atoms with Crippen LogP contribution < -0.4 is 10.1 Å². The Kier molecular flexibility index (Phi) is 5.62. The number of fused-ring (bicyclic) bond motifs is 1. The molecule has 34 heavy (non-hydrogen) atoms. The maximum absolute atomic E-state index is 13.3. The lowest BCUT2D eigenvalue weighted by Crippen LogP contribution is -2.28. The van der Waals surface area contributed by atoms with Gasteiger partial charge in [0.2, 0.25) is 5.91 Å². The van der Waals surface area contributed by atoms with E-state index in [-0.39, 0.29) is 18.4 Å². The van der Waals surface area contributed by atoms with Gasteiger partial charge in [0, 0.05) is 31.8 Å². The van der Waals surface area contributed by atoms with Crippen molar-refractivity contribution < 1.29 is 19.4 Å².